The molecule has 0 aliphatic rings. The van der Waals surface area contributed by atoms with Crippen LogP contribution in [0, 0.1) is 5.41 Å². The highest BCUT2D eigenvalue weighted by atomic mass is 32.2. The van der Waals surface area contributed by atoms with E-state index in [2.05, 4.69) is 50.8 Å². The van der Waals surface area contributed by atoms with Crippen LogP contribution in [-0.4, -0.2) is 24.2 Å². The molecule has 118 valence electrons. The smallest absolute Gasteiger partial charge is 0.126 e. The van der Waals surface area contributed by atoms with E-state index in [1.165, 1.54) is 6.42 Å². The minimum Gasteiger partial charge on any atom is -0.384 e. The molecule has 1 rings (SSSR count). The summed E-state index contributed by atoms with van der Waals surface area (Å²) in [4.78, 5) is 3.53. The molecular weight excluding hydrogens is 278 g/mol. The number of amidine groups is 1. The van der Waals surface area contributed by atoms with Gasteiger partial charge in [-0.25, -0.2) is 0 Å². The molecule has 3 nitrogen and oxygen atoms in total. The van der Waals surface area contributed by atoms with Gasteiger partial charge in [-0.2, -0.15) is 0 Å². The Bertz CT molecular complexity index is 459. The van der Waals surface area contributed by atoms with Crippen molar-refractivity contribution in [3.05, 3.63) is 23.8 Å². The number of anilines is 1. The van der Waals surface area contributed by atoms with Crippen molar-refractivity contribution < 1.29 is 0 Å². The summed E-state index contributed by atoms with van der Waals surface area (Å²) in [6.45, 7) is 9.82. The number of nitrogens with one attached hydrogen (secondary N) is 1. The van der Waals surface area contributed by atoms with E-state index >= 15 is 0 Å². The summed E-state index contributed by atoms with van der Waals surface area (Å²) < 4.78 is 0. The Labute approximate surface area is 133 Å². The van der Waals surface area contributed by atoms with Crippen LogP contribution in [0.15, 0.2) is 23.1 Å². The van der Waals surface area contributed by atoms with Crippen LogP contribution in [-0.2, 0) is 0 Å². The lowest BCUT2D eigenvalue weighted by Gasteiger charge is -2.33. The lowest BCUT2D eigenvalue weighted by atomic mass is 10.1. The summed E-state index contributed by atoms with van der Waals surface area (Å²) in [5.74, 6) is 1.16. The lowest BCUT2D eigenvalue weighted by molar-refractivity contribution is 0.595. The summed E-state index contributed by atoms with van der Waals surface area (Å²) in [5, 5.41) is 8.00. The third-order valence-corrected chi connectivity index (χ3v) is 4.70. The summed E-state index contributed by atoms with van der Waals surface area (Å²) in [5.41, 5.74) is 7.92. The van der Waals surface area contributed by atoms with Gasteiger partial charge >= 0.3 is 0 Å². The number of hydrogen-bond donors (Lipinski definition) is 2. The molecule has 0 bridgehead atoms. The van der Waals surface area contributed by atoms with Gasteiger partial charge in [-0.05, 0) is 37.7 Å². The molecule has 0 saturated carbocycles. The van der Waals surface area contributed by atoms with E-state index < -0.39 is 0 Å². The highest BCUT2D eigenvalue weighted by Crippen LogP contribution is 2.32. The molecule has 3 N–H and O–H groups in total. The Morgan fingerprint density at radius 2 is 2.05 bits per heavy atom. The van der Waals surface area contributed by atoms with Crippen LogP contribution in [0.5, 0.6) is 0 Å². The first-order valence-corrected chi connectivity index (χ1v) is 8.92. The Kier molecular flexibility index (Phi) is 7.65. The van der Waals surface area contributed by atoms with Gasteiger partial charge in [0.2, 0.25) is 0 Å². The van der Waals surface area contributed by atoms with Gasteiger partial charge in [-0.1, -0.05) is 33.3 Å². The molecule has 4 heteroatoms. The second-order valence-corrected chi connectivity index (χ2v) is 6.61. The van der Waals surface area contributed by atoms with Gasteiger partial charge in [0.05, 0.1) is 5.56 Å². The third-order valence-electron chi connectivity index (χ3n) is 3.76. The molecule has 0 aromatic heterocycles. The molecule has 0 heterocycles. The van der Waals surface area contributed by atoms with E-state index in [4.69, 9.17) is 11.1 Å². The largest absolute Gasteiger partial charge is 0.384 e. The molecule has 1 unspecified atom stereocenters. The summed E-state index contributed by atoms with van der Waals surface area (Å²) in [6, 6.07) is 6.72. The standard InChI is InChI=1S/C17H29N3S/c1-5-8-12-20(13(4)6-2)14-10-9-11-15(21-7-3)16(14)17(18)19/h9-11,13H,5-8,12H2,1-4H3,(H3,18,19). The van der Waals surface area contributed by atoms with Crippen molar-refractivity contribution in [2.45, 2.75) is 57.9 Å². The van der Waals surface area contributed by atoms with Gasteiger partial charge in [0.15, 0.2) is 0 Å². The number of hydrogen-bond acceptors (Lipinski definition) is 3. The maximum absolute atomic E-state index is 8.00. The van der Waals surface area contributed by atoms with Crippen molar-refractivity contribution in [2.24, 2.45) is 5.73 Å². The molecular formula is C17H29N3S. The molecule has 0 radical (unpaired) electrons. The Morgan fingerprint density at radius 1 is 1.33 bits per heavy atom. The zero-order valence-corrected chi connectivity index (χ0v) is 14.6. The van der Waals surface area contributed by atoms with E-state index in [0.29, 0.717) is 6.04 Å². The molecule has 0 amide bonds. The van der Waals surface area contributed by atoms with Crippen molar-refractivity contribution in [1.29, 1.82) is 5.41 Å². The Balaban J connectivity index is 3.28. The minimum absolute atomic E-state index is 0.173. The topological polar surface area (TPSA) is 53.1 Å². The zero-order valence-electron chi connectivity index (χ0n) is 13.8. The Morgan fingerprint density at radius 3 is 2.57 bits per heavy atom. The Hall–Kier alpha value is -1.16. The van der Waals surface area contributed by atoms with E-state index in [1.807, 2.05) is 0 Å². The molecule has 0 saturated heterocycles. The molecule has 0 spiro atoms. The summed E-state index contributed by atoms with van der Waals surface area (Å²) in [6.07, 6.45) is 3.42. The van der Waals surface area contributed by atoms with E-state index in [0.717, 1.165) is 41.3 Å². The fourth-order valence-corrected chi connectivity index (χ4v) is 3.28. The summed E-state index contributed by atoms with van der Waals surface area (Å²) in [7, 11) is 0. The van der Waals surface area contributed by atoms with Gasteiger partial charge in [-0.3, -0.25) is 5.41 Å². The van der Waals surface area contributed by atoms with E-state index in [-0.39, 0.29) is 5.84 Å². The number of nitrogens with two attached hydrogens (primary N) is 1. The van der Waals surface area contributed by atoms with Crippen molar-refractivity contribution in [3.8, 4) is 0 Å². The van der Waals surface area contributed by atoms with Gasteiger partial charge in [0, 0.05) is 23.2 Å². The first kappa shape index (κ1) is 17.9. The van der Waals surface area contributed by atoms with Crippen LogP contribution in [0.25, 0.3) is 0 Å². The lowest BCUT2D eigenvalue weighted by Crippen LogP contribution is -2.35. The summed E-state index contributed by atoms with van der Waals surface area (Å²) >= 11 is 1.76. The van der Waals surface area contributed by atoms with Gasteiger partial charge in [0.25, 0.3) is 0 Å². The van der Waals surface area contributed by atoms with Crippen LogP contribution in [0.2, 0.25) is 0 Å². The average Bonchev–Trinajstić information content (AvgIpc) is 2.47. The predicted molar refractivity (Wildman–Crippen MR) is 95.9 cm³/mol. The monoisotopic (exact) mass is 307 g/mol. The fourth-order valence-electron chi connectivity index (χ4n) is 2.43. The van der Waals surface area contributed by atoms with Crippen molar-refractivity contribution in [3.63, 3.8) is 0 Å². The third kappa shape index (κ3) is 4.67. The molecule has 1 atom stereocenters. The van der Waals surface area contributed by atoms with Gasteiger partial charge in [0.1, 0.15) is 5.84 Å². The quantitative estimate of drug-likeness (QED) is 0.401. The number of nitrogens with zero attached hydrogens (tertiary/aromatic N) is 1. The maximum Gasteiger partial charge on any atom is 0.126 e. The van der Waals surface area contributed by atoms with E-state index in [9.17, 15) is 0 Å². The van der Waals surface area contributed by atoms with Crippen LogP contribution >= 0.6 is 11.8 Å². The van der Waals surface area contributed by atoms with Crippen molar-refractivity contribution >= 4 is 23.3 Å². The second kappa shape index (κ2) is 8.98. The number of benzene rings is 1. The maximum atomic E-state index is 8.00. The molecule has 1 aromatic carbocycles. The number of nitrogen functional groups attached to an aromatic ring is 1. The van der Waals surface area contributed by atoms with Crippen molar-refractivity contribution in [1.82, 2.24) is 0 Å². The SMILES string of the molecule is CCCCN(c1cccc(SCC)c1C(=N)N)C(C)CC. The normalized spacial score (nSPS) is 12.2. The van der Waals surface area contributed by atoms with Crippen LogP contribution in [0.3, 0.4) is 0 Å². The highest BCUT2D eigenvalue weighted by molar-refractivity contribution is 7.99. The first-order chi connectivity index (χ1) is 10.1. The van der Waals surface area contributed by atoms with Crippen LogP contribution in [0.4, 0.5) is 5.69 Å². The molecule has 0 aliphatic heterocycles. The van der Waals surface area contributed by atoms with E-state index in [1.54, 1.807) is 11.8 Å². The first-order valence-electron chi connectivity index (χ1n) is 7.93. The predicted octanol–water partition coefficient (Wildman–Crippen LogP) is 4.49. The number of rotatable bonds is 9. The average molecular weight is 308 g/mol. The zero-order chi connectivity index (χ0) is 15.8. The van der Waals surface area contributed by atoms with Crippen LogP contribution in [0.1, 0.15) is 52.5 Å². The van der Waals surface area contributed by atoms with Gasteiger partial charge < -0.3 is 10.6 Å². The molecule has 1 aromatic rings. The molecule has 0 fully saturated rings. The van der Waals surface area contributed by atoms with Crippen molar-refractivity contribution in [2.75, 3.05) is 17.2 Å². The van der Waals surface area contributed by atoms with Gasteiger partial charge in [-0.15, -0.1) is 11.8 Å². The highest BCUT2D eigenvalue weighted by Gasteiger charge is 2.19. The number of unbranched alkanes of at least 4 members (excludes halogenated alkanes) is 1. The second-order valence-electron chi connectivity index (χ2n) is 5.30. The van der Waals surface area contributed by atoms with Crippen LogP contribution < -0.4 is 10.6 Å². The fraction of sp³-hybridized carbons (Fsp3) is 0.588. The number of thioether (sulfide) groups is 1. The minimum atomic E-state index is 0.173. The molecule has 21 heavy (non-hydrogen) atoms. The molecule has 0 aliphatic carbocycles.